The second kappa shape index (κ2) is 10.6. The number of alkyl halides is 3. The Bertz CT molecular complexity index is 428. The zero-order valence-electron chi connectivity index (χ0n) is 11.5. The highest BCUT2D eigenvalue weighted by Gasteiger charge is 2.38. The Kier molecular flexibility index (Phi) is 10.0. The van der Waals surface area contributed by atoms with Crippen LogP contribution in [0.15, 0.2) is 28.7 Å². The summed E-state index contributed by atoms with van der Waals surface area (Å²) in [5.41, 5.74) is 1.32. The minimum absolute atomic E-state index is 0.936. The van der Waals surface area contributed by atoms with Gasteiger partial charge in [0.2, 0.25) is 0 Å². The molecule has 1 rings (SSSR count). The molecule has 0 saturated carbocycles. The van der Waals surface area contributed by atoms with Crippen molar-refractivity contribution in [2.24, 2.45) is 0 Å². The fourth-order valence-electron chi connectivity index (χ4n) is 1.25. The van der Waals surface area contributed by atoms with E-state index < -0.39 is 12.1 Å². The molecule has 4 nitrogen and oxygen atoms in total. The molecule has 0 unspecified atom stereocenters. The second-order valence-corrected chi connectivity index (χ2v) is 4.88. The van der Waals surface area contributed by atoms with Crippen LogP contribution in [0.3, 0.4) is 0 Å². The summed E-state index contributed by atoms with van der Waals surface area (Å²) >= 11 is 3.53. The fourth-order valence-corrected chi connectivity index (χ4v) is 1.68. The first kappa shape index (κ1) is 19.9. The molecule has 8 heteroatoms. The topological polar surface area (TPSA) is 61.4 Å². The summed E-state index contributed by atoms with van der Waals surface area (Å²) in [6, 6.07) is 8.31. The molecule has 0 aliphatic rings. The normalized spacial score (nSPS) is 10.7. The third-order valence-corrected chi connectivity index (χ3v) is 3.07. The highest BCUT2D eigenvalue weighted by Crippen LogP contribution is 2.15. The van der Waals surface area contributed by atoms with Crippen LogP contribution in [-0.4, -0.2) is 37.4 Å². The summed E-state index contributed by atoms with van der Waals surface area (Å²) in [5.74, 6) is -2.76. The molecule has 0 saturated heterocycles. The molecule has 0 aliphatic carbocycles. The molecule has 120 valence electrons. The number of carboxylic acids is 1. The van der Waals surface area contributed by atoms with Crippen LogP contribution in [0.2, 0.25) is 0 Å². The third-order valence-electron chi connectivity index (χ3n) is 2.30. The molecule has 0 heterocycles. The van der Waals surface area contributed by atoms with Gasteiger partial charge in [0.15, 0.2) is 0 Å². The van der Waals surface area contributed by atoms with Crippen LogP contribution < -0.4 is 10.6 Å². The zero-order valence-corrected chi connectivity index (χ0v) is 13.1. The number of benzene rings is 1. The van der Waals surface area contributed by atoms with Crippen LogP contribution in [0.25, 0.3) is 0 Å². The van der Waals surface area contributed by atoms with Gasteiger partial charge in [-0.15, -0.1) is 0 Å². The van der Waals surface area contributed by atoms with E-state index in [4.69, 9.17) is 9.90 Å². The number of hydrogen-bond donors (Lipinski definition) is 3. The van der Waals surface area contributed by atoms with E-state index in [2.05, 4.69) is 44.8 Å². The SMILES string of the molecule is CNCCCNCc1ccccc1Br.O=C(O)C(F)(F)F. The van der Waals surface area contributed by atoms with Crippen molar-refractivity contribution in [1.82, 2.24) is 10.6 Å². The second-order valence-electron chi connectivity index (χ2n) is 4.03. The van der Waals surface area contributed by atoms with Crippen molar-refractivity contribution in [2.45, 2.75) is 19.1 Å². The first-order chi connectivity index (χ1) is 9.79. The Morgan fingerprint density at radius 3 is 2.33 bits per heavy atom. The number of carbonyl (C=O) groups is 1. The standard InChI is InChI=1S/C11H17BrN2.C2HF3O2/c1-13-7-4-8-14-9-10-5-2-3-6-11(10)12;3-2(4,5)1(6)7/h2-3,5-6,13-14H,4,7-9H2,1H3;(H,6,7). The van der Waals surface area contributed by atoms with E-state index >= 15 is 0 Å². The largest absolute Gasteiger partial charge is 0.490 e. The highest BCUT2D eigenvalue weighted by molar-refractivity contribution is 9.10. The maximum atomic E-state index is 10.6. The molecule has 21 heavy (non-hydrogen) atoms. The van der Waals surface area contributed by atoms with Gasteiger partial charge in [0.1, 0.15) is 0 Å². The van der Waals surface area contributed by atoms with E-state index in [1.54, 1.807) is 0 Å². The van der Waals surface area contributed by atoms with Gasteiger partial charge in [0, 0.05) is 11.0 Å². The number of nitrogens with one attached hydrogen (secondary N) is 2. The van der Waals surface area contributed by atoms with Crippen molar-refractivity contribution >= 4 is 21.9 Å². The first-order valence-electron chi connectivity index (χ1n) is 6.18. The molecule has 0 amide bonds. The predicted octanol–water partition coefficient (Wildman–Crippen LogP) is 2.78. The number of aliphatic carboxylic acids is 1. The van der Waals surface area contributed by atoms with E-state index in [1.165, 1.54) is 16.5 Å². The van der Waals surface area contributed by atoms with E-state index in [-0.39, 0.29) is 0 Å². The molecule has 0 radical (unpaired) electrons. The lowest BCUT2D eigenvalue weighted by Gasteiger charge is -2.06. The van der Waals surface area contributed by atoms with Gasteiger partial charge in [-0.1, -0.05) is 34.1 Å². The van der Waals surface area contributed by atoms with E-state index in [0.717, 1.165) is 19.6 Å². The van der Waals surface area contributed by atoms with E-state index in [1.807, 2.05) is 13.1 Å². The molecule has 1 aromatic carbocycles. The van der Waals surface area contributed by atoms with E-state index in [9.17, 15) is 13.2 Å². The Morgan fingerprint density at radius 2 is 1.86 bits per heavy atom. The summed E-state index contributed by atoms with van der Waals surface area (Å²) < 4.78 is 32.9. The van der Waals surface area contributed by atoms with Gasteiger partial charge < -0.3 is 15.7 Å². The average Bonchev–Trinajstić information content (AvgIpc) is 2.40. The summed E-state index contributed by atoms with van der Waals surface area (Å²) in [5, 5.41) is 13.7. The summed E-state index contributed by atoms with van der Waals surface area (Å²) in [6.45, 7) is 3.07. The Labute approximate surface area is 129 Å². The van der Waals surface area contributed by atoms with Gasteiger partial charge in [-0.05, 0) is 38.2 Å². The van der Waals surface area contributed by atoms with Gasteiger partial charge in [-0.3, -0.25) is 0 Å². The number of rotatable bonds is 6. The molecule has 1 aromatic rings. The van der Waals surface area contributed by atoms with Crippen LogP contribution >= 0.6 is 15.9 Å². The summed E-state index contributed by atoms with van der Waals surface area (Å²) in [7, 11) is 1.98. The Balaban J connectivity index is 0.000000486. The molecule has 3 N–H and O–H groups in total. The number of halogens is 4. The van der Waals surface area contributed by atoms with Gasteiger partial charge >= 0.3 is 12.1 Å². The molecular weight excluding hydrogens is 353 g/mol. The van der Waals surface area contributed by atoms with Crippen molar-refractivity contribution in [3.05, 3.63) is 34.3 Å². The van der Waals surface area contributed by atoms with Gasteiger partial charge in [0.25, 0.3) is 0 Å². The average molecular weight is 371 g/mol. The van der Waals surface area contributed by atoms with Crippen molar-refractivity contribution in [3.63, 3.8) is 0 Å². The minimum Gasteiger partial charge on any atom is -0.475 e. The molecule has 0 bridgehead atoms. The molecular formula is C13H18BrF3N2O2. The van der Waals surface area contributed by atoms with Gasteiger partial charge in [0.05, 0.1) is 0 Å². The molecule has 0 aromatic heterocycles. The van der Waals surface area contributed by atoms with Crippen LogP contribution in [0.1, 0.15) is 12.0 Å². The molecule has 0 spiro atoms. The molecule has 0 aliphatic heterocycles. The smallest absolute Gasteiger partial charge is 0.475 e. The maximum Gasteiger partial charge on any atom is 0.490 e. The van der Waals surface area contributed by atoms with Crippen LogP contribution in [0.4, 0.5) is 13.2 Å². The monoisotopic (exact) mass is 370 g/mol. The van der Waals surface area contributed by atoms with Crippen molar-refractivity contribution in [2.75, 3.05) is 20.1 Å². The minimum atomic E-state index is -5.08. The molecule has 0 fully saturated rings. The zero-order chi connectivity index (χ0) is 16.3. The van der Waals surface area contributed by atoms with Crippen LogP contribution in [0, 0.1) is 0 Å². The quantitative estimate of drug-likeness (QED) is 0.673. The van der Waals surface area contributed by atoms with Crippen LogP contribution in [-0.2, 0) is 11.3 Å². The lowest BCUT2D eigenvalue weighted by atomic mass is 10.2. The number of carboxylic acid groups (broad SMARTS) is 1. The summed E-state index contributed by atoms with van der Waals surface area (Å²) in [6.07, 6.45) is -3.92. The van der Waals surface area contributed by atoms with Crippen molar-refractivity contribution in [3.8, 4) is 0 Å². The fraction of sp³-hybridized carbons (Fsp3) is 0.462. The van der Waals surface area contributed by atoms with Gasteiger partial charge in [-0.2, -0.15) is 13.2 Å². The van der Waals surface area contributed by atoms with Crippen molar-refractivity contribution in [1.29, 1.82) is 0 Å². The molecule has 0 atom stereocenters. The maximum absolute atomic E-state index is 10.6. The Morgan fingerprint density at radius 1 is 1.29 bits per heavy atom. The lowest BCUT2D eigenvalue weighted by Crippen LogP contribution is -2.21. The predicted molar refractivity (Wildman–Crippen MR) is 78.1 cm³/mol. The van der Waals surface area contributed by atoms with E-state index in [0.29, 0.717) is 0 Å². The first-order valence-corrected chi connectivity index (χ1v) is 6.97. The summed E-state index contributed by atoms with van der Waals surface area (Å²) in [4.78, 5) is 8.90. The van der Waals surface area contributed by atoms with Crippen molar-refractivity contribution < 1.29 is 23.1 Å². The van der Waals surface area contributed by atoms with Gasteiger partial charge in [-0.25, -0.2) is 4.79 Å². The number of hydrogen-bond acceptors (Lipinski definition) is 3. The lowest BCUT2D eigenvalue weighted by molar-refractivity contribution is -0.192. The van der Waals surface area contributed by atoms with Crippen LogP contribution in [0.5, 0.6) is 0 Å². The Hall–Kier alpha value is -1.12. The highest BCUT2D eigenvalue weighted by atomic mass is 79.9. The third kappa shape index (κ3) is 10.3.